The van der Waals surface area contributed by atoms with E-state index in [0.717, 1.165) is 28.4 Å². The van der Waals surface area contributed by atoms with Gasteiger partial charge in [0.2, 0.25) is 11.8 Å². The highest BCUT2D eigenvalue weighted by Gasteiger charge is 2.31. The molecule has 1 aliphatic rings. The summed E-state index contributed by atoms with van der Waals surface area (Å²) in [7, 11) is -4.02. The topological polar surface area (TPSA) is 124 Å². The Labute approximate surface area is 164 Å². The maximum absolute atomic E-state index is 12.4. The van der Waals surface area contributed by atoms with Gasteiger partial charge in [0.15, 0.2) is 0 Å². The van der Waals surface area contributed by atoms with E-state index in [9.17, 15) is 18.4 Å². The molecule has 2 atom stereocenters. The second kappa shape index (κ2) is 6.89. The molecule has 10 heteroatoms. The second-order valence-electron chi connectivity index (χ2n) is 6.05. The van der Waals surface area contributed by atoms with Gasteiger partial charge in [0.05, 0.1) is 21.4 Å². The Morgan fingerprint density at radius 1 is 1.29 bits per heavy atom. The van der Waals surface area contributed by atoms with Gasteiger partial charge >= 0.3 is 0 Å². The lowest BCUT2D eigenvalue weighted by Gasteiger charge is -2.13. The zero-order valence-electron chi connectivity index (χ0n) is 14.5. The molecule has 0 fully saturated rings. The van der Waals surface area contributed by atoms with Crippen molar-refractivity contribution in [3.05, 3.63) is 47.5 Å². The number of aromatic nitrogens is 1. The van der Waals surface area contributed by atoms with Crippen molar-refractivity contribution in [1.82, 2.24) is 4.98 Å². The quantitative estimate of drug-likeness (QED) is 0.660. The normalized spacial score (nSPS) is 18.1. The van der Waals surface area contributed by atoms with Crippen LogP contribution in [0.25, 0.3) is 10.2 Å². The number of hydrogen-bond donors (Lipinski definition) is 1. The van der Waals surface area contributed by atoms with Crippen LogP contribution in [0.3, 0.4) is 0 Å². The summed E-state index contributed by atoms with van der Waals surface area (Å²) < 4.78 is 27.9. The van der Waals surface area contributed by atoms with Gasteiger partial charge in [-0.15, -0.1) is 11.3 Å². The molecule has 142 valence electrons. The number of hydrogen-bond acceptors (Lipinski definition) is 7. The number of benzene rings is 2. The fourth-order valence-electron chi connectivity index (χ4n) is 2.94. The average Bonchev–Trinajstić information content (AvgIpc) is 3.22. The standard InChI is InChI=1S/C18H14N4O4S2/c1-10(23)22-28(25,26)12-4-2-11(3-5-12)19-8-13-16-14(21-18(13)24)6-7-15-17(16)27-9-20-15/h2-9,13H,1H3,(H,21,24)(H,22,23,25,26)/p-1. The summed E-state index contributed by atoms with van der Waals surface area (Å²) >= 11 is 1.46. The Bertz CT molecular complexity index is 1250. The third-order valence-electron chi connectivity index (χ3n) is 4.14. The van der Waals surface area contributed by atoms with Crippen molar-refractivity contribution in [2.24, 2.45) is 9.36 Å². The number of carbonyl (C=O) groups is 2. The maximum atomic E-state index is 12.4. The van der Waals surface area contributed by atoms with Gasteiger partial charge in [0.25, 0.3) is 0 Å². The minimum Gasteiger partial charge on any atom is -0.760 e. The van der Waals surface area contributed by atoms with Gasteiger partial charge in [-0.25, -0.2) is 4.98 Å². The first kappa shape index (κ1) is 18.4. The highest BCUT2D eigenvalue weighted by molar-refractivity contribution is 7.88. The lowest BCUT2D eigenvalue weighted by Crippen LogP contribution is -2.12. The third-order valence-corrected chi connectivity index (χ3v) is 6.39. The Morgan fingerprint density at radius 2 is 2.04 bits per heavy atom. The highest BCUT2D eigenvalue weighted by Crippen LogP contribution is 2.39. The van der Waals surface area contributed by atoms with E-state index in [1.54, 1.807) is 5.51 Å². The summed E-state index contributed by atoms with van der Waals surface area (Å²) in [6.45, 7) is 1.07. The number of anilines is 1. The molecule has 0 bridgehead atoms. The van der Waals surface area contributed by atoms with Crippen LogP contribution in [0.2, 0.25) is 0 Å². The molecule has 2 amide bonds. The van der Waals surface area contributed by atoms with Crippen molar-refractivity contribution in [2.75, 3.05) is 5.32 Å². The average molecular weight is 413 g/mol. The first-order valence-corrected chi connectivity index (χ1v) is 10.5. The second-order valence-corrected chi connectivity index (χ2v) is 8.51. The molecule has 28 heavy (non-hydrogen) atoms. The van der Waals surface area contributed by atoms with Crippen molar-refractivity contribution in [1.29, 1.82) is 0 Å². The van der Waals surface area contributed by atoms with Crippen LogP contribution in [0.5, 0.6) is 0 Å². The fraction of sp³-hybridized carbons (Fsp3) is 0.111. The number of carbonyl (C=O) groups excluding carboxylic acids is 2. The molecule has 0 saturated carbocycles. The fourth-order valence-corrected chi connectivity index (χ4v) is 4.74. The summed E-state index contributed by atoms with van der Waals surface area (Å²) in [6, 6.07) is 9.29. The molecule has 0 spiro atoms. The van der Waals surface area contributed by atoms with Gasteiger partial charge in [0.1, 0.15) is 5.92 Å². The summed E-state index contributed by atoms with van der Waals surface area (Å²) in [5.74, 6) is -1.53. The number of amides is 2. The SMILES string of the molecule is CC(=O)N=S(=O)([O-])c1ccc(N=CC2C(=O)Nc3ccc4ncsc4c32)cc1. The molecular weight excluding hydrogens is 400 g/mol. The van der Waals surface area contributed by atoms with E-state index in [2.05, 4.69) is 19.7 Å². The van der Waals surface area contributed by atoms with Gasteiger partial charge in [-0.2, -0.15) is 4.36 Å². The summed E-state index contributed by atoms with van der Waals surface area (Å²) in [5.41, 5.74) is 4.60. The van der Waals surface area contributed by atoms with Crippen molar-refractivity contribution in [3.63, 3.8) is 0 Å². The Morgan fingerprint density at radius 3 is 2.75 bits per heavy atom. The number of nitrogens with one attached hydrogen (secondary N) is 1. The van der Waals surface area contributed by atoms with Gasteiger partial charge in [-0.05, 0) is 36.4 Å². The molecule has 8 nitrogen and oxygen atoms in total. The van der Waals surface area contributed by atoms with Crippen molar-refractivity contribution >= 4 is 61.0 Å². The number of aliphatic imine (C=N–C) groups is 1. The van der Waals surface area contributed by atoms with E-state index in [0.29, 0.717) is 5.69 Å². The molecule has 2 heterocycles. The van der Waals surface area contributed by atoms with Crippen molar-refractivity contribution in [2.45, 2.75) is 17.7 Å². The van der Waals surface area contributed by atoms with Crippen LogP contribution in [0, 0.1) is 0 Å². The van der Waals surface area contributed by atoms with Gasteiger partial charge < -0.3 is 9.87 Å². The predicted octanol–water partition coefficient (Wildman–Crippen LogP) is 3.24. The van der Waals surface area contributed by atoms with Crippen LogP contribution in [-0.4, -0.2) is 31.8 Å². The molecule has 0 saturated heterocycles. The molecule has 2 aromatic carbocycles. The van der Waals surface area contributed by atoms with E-state index in [1.165, 1.54) is 41.8 Å². The smallest absolute Gasteiger partial charge is 0.250 e. The summed E-state index contributed by atoms with van der Waals surface area (Å²) in [6.07, 6.45) is 1.53. The zero-order valence-corrected chi connectivity index (χ0v) is 16.1. The van der Waals surface area contributed by atoms with Gasteiger partial charge in [-0.3, -0.25) is 18.8 Å². The number of fused-ring (bicyclic) bond motifs is 3. The van der Waals surface area contributed by atoms with E-state index in [1.807, 2.05) is 12.1 Å². The Kier molecular flexibility index (Phi) is 4.53. The number of thiazole rings is 1. The van der Waals surface area contributed by atoms with E-state index < -0.39 is 21.8 Å². The summed E-state index contributed by atoms with van der Waals surface area (Å²) in [4.78, 5) is 31.8. The molecule has 0 aliphatic carbocycles. The van der Waals surface area contributed by atoms with Crippen LogP contribution in [0.4, 0.5) is 11.4 Å². The monoisotopic (exact) mass is 413 g/mol. The van der Waals surface area contributed by atoms with Crippen LogP contribution >= 0.6 is 11.3 Å². The first-order chi connectivity index (χ1) is 13.3. The number of rotatable bonds is 3. The van der Waals surface area contributed by atoms with Gasteiger partial charge in [0, 0.05) is 39.3 Å². The zero-order chi connectivity index (χ0) is 19.9. The predicted molar refractivity (Wildman–Crippen MR) is 106 cm³/mol. The molecular formula is C18H13N4O4S2-. The van der Waals surface area contributed by atoms with E-state index in [4.69, 9.17) is 0 Å². The molecule has 0 radical (unpaired) electrons. The molecule has 4 rings (SSSR count). The third kappa shape index (κ3) is 3.33. The molecule has 1 N–H and O–H groups in total. The van der Waals surface area contributed by atoms with Crippen LogP contribution in [0.1, 0.15) is 18.4 Å². The molecule has 1 aromatic heterocycles. The lowest BCUT2D eigenvalue weighted by molar-refractivity contribution is -0.116. The molecule has 2 unspecified atom stereocenters. The molecule has 1 aliphatic heterocycles. The van der Waals surface area contributed by atoms with Crippen LogP contribution < -0.4 is 5.32 Å². The Hall–Kier alpha value is -2.95. The first-order valence-electron chi connectivity index (χ1n) is 8.15. The van der Waals surface area contributed by atoms with Crippen molar-refractivity contribution < 1.29 is 18.4 Å². The summed E-state index contributed by atoms with van der Waals surface area (Å²) in [5, 5.41) is 2.84. The Balaban J connectivity index is 1.64. The van der Waals surface area contributed by atoms with Crippen molar-refractivity contribution in [3.8, 4) is 0 Å². The maximum Gasteiger partial charge on any atom is 0.250 e. The molecule has 3 aromatic rings. The van der Waals surface area contributed by atoms with Gasteiger partial charge in [-0.1, -0.05) is 0 Å². The van der Waals surface area contributed by atoms with E-state index >= 15 is 0 Å². The number of nitrogens with zero attached hydrogens (tertiary/aromatic N) is 3. The minimum absolute atomic E-state index is 0.100. The highest BCUT2D eigenvalue weighted by atomic mass is 32.2. The van der Waals surface area contributed by atoms with Crippen LogP contribution in [0.15, 0.2) is 56.2 Å². The van der Waals surface area contributed by atoms with Crippen LogP contribution in [-0.2, 0) is 19.6 Å². The minimum atomic E-state index is -4.02. The lowest BCUT2D eigenvalue weighted by atomic mass is 10.0. The van der Waals surface area contributed by atoms with E-state index in [-0.39, 0.29) is 10.8 Å². The largest absolute Gasteiger partial charge is 0.760 e.